The second kappa shape index (κ2) is 5.42. The van der Waals surface area contributed by atoms with Gasteiger partial charge >= 0.3 is 0 Å². The SMILES string of the molecule is COc1cc(Cl)c(-c2cccc(C=O)c2)cc1Cl. The summed E-state index contributed by atoms with van der Waals surface area (Å²) in [6, 6.07) is 10.6. The summed E-state index contributed by atoms with van der Waals surface area (Å²) in [7, 11) is 1.53. The Hall–Kier alpha value is -1.51. The van der Waals surface area contributed by atoms with E-state index in [1.165, 1.54) is 7.11 Å². The molecule has 2 aromatic rings. The van der Waals surface area contributed by atoms with Crippen molar-refractivity contribution in [3.05, 3.63) is 52.0 Å². The molecule has 0 bridgehead atoms. The predicted octanol–water partition coefficient (Wildman–Crippen LogP) is 4.48. The smallest absolute Gasteiger partial charge is 0.150 e. The number of aldehydes is 1. The lowest BCUT2D eigenvalue weighted by molar-refractivity contribution is 0.112. The lowest BCUT2D eigenvalue weighted by atomic mass is 10.0. The van der Waals surface area contributed by atoms with Gasteiger partial charge < -0.3 is 4.74 Å². The average Bonchev–Trinajstić information content (AvgIpc) is 2.41. The van der Waals surface area contributed by atoms with Gasteiger partial charge in [-0.2, -0.15) is 0 Å². The topological polar surface area (TPSA) is 26.3 Å². The van der Waals surface area contributed by atoms with E-state index in [4.69, 9.17) is 27.9 Å². The van der Waals surface area contributed by atoms with Crippen molar-refractivity contribution in [3.63, 3.8) is 0 Å². The van der Waals surface area contributed by atoms with Crippen LogP contribution in [0.5, 0.6) is 5.75 Å². The number of methoxy groups -OCH3 is 1. The Kier molecular flexibility index (Phi) is 3.90. The van der Waals surface area contributed by atoms with Crippen LogP contribution in [0.4, 0.5) is 0 Å². The Morgan fingerprint density at radius 1 is 1.11 bits per heavy atom. The summed E-state index contributed by atoms with van der Waals surface area (Å²) >= 11 is 12.3. The molecule has 0 aliphatic rings. The summed E-state index contributed by atoms with van der Waals surface area (Å²) in [5.41, 5.74) is 2.20. The molecular weight excluding hydrogens is 271 g/mol. The quantitative estimate of drug-likeness (QED) is 0.775. The molecule has 0 aliphatic carbocycles. The lowest BCUT2D eigenvalue weighted by Crippen LogP contribution is -1.88. The summed E-state index contributed by atoms with van der Waals surface area (Å²) in [5, 5.41) is 1.01. The van der Waals surface area contributed by atoms with Crippen molar-refractivity contribution < 1.29 is 9.53 Å². The second-order valence-electron chi connectivity index (χ2n) is 3.71. The summed E-state index contributed by atoms with van der Waals surface area (Å²) in [6.07, 6.45) is 0.794. The third-order valence-electron chi connectivity index (χ3n) is 2.58. The summed E-state index contributed by atoms with van der Waals surface area (Å²) in [4.78, 5) is 10.8. The Morgan fingerprint density at radius 2 is 1.89 bits per heavy atom. The molecule has 2 nitrogen and oxygen atoms in total. The van der Waals surface area contributed by atoms with E-state index in [2.05, 4.69) is 0 Å². The third kappa shape index (κ3) is 2.50. The highest BCUT2D eigenvalue weighted by atomic mass is 35.5. The van der Waals surface area contributed by atoms with Gasteiger partial charge in [0.1, 0.15) is 12.0 Å². The maximum atomic E-state index is 10.8. The van der Waals surface area contributed by atoms with E-state index in [0.717, 1.165) is 17.4 Å². The fourth-order valence-electron chi connectivity index (χ4n) is 1.69. The minimum Gasteiger partial charge on any atom is -0.495 e. The molecule has 0 unspecified atom stereocenters. The molecule has 0 saturated carbocycles. The molecule has 0 heterocycles. The number of hydrogen-bond acceptors (Lipinski definition) is 2. The van der Waals surface area contributed by atoms with Crippen LogP contribution in [0.15, 0.2) is 36.4 Å². The van der Waals surface area contributed by atoms with Gasteiger partial charge in [0.05, 0.1) is 17.2 Å². The minimum atomic E-state index is 0.480. The van der Waals surface area contributed by atoms with Gasteiger partial charge in [0, 0.05) is 17.2 Å². The number of carbonyl (C=O) groups excluding carboxylic acids is 1. The Morgan fingerprint density at radius 3 is 2.56 bits per heavy atom. The van der Waals surface area contributed by atoms with E-state index < -0.39 is 0 Å². The molecule has 2 aromatic carbocycles. The molecule has 0 N–H and O–H groups in total. The van der Waals surface area contributed by atoms with Gasteiger partial charge in [-0.05, 0) is 17.7 Å². The molecule has 92 valence electrons. The zero-order valence-electron chi connectivity index (χ0n) is 9.61. The van der Waals surface area contributed by atoms with E-state index in [1.807, 2.05) is 6.07 Å². The zero-order chi connectivity index (χ0) is 13.1. The molecule has 0 aliphatic heterocycles. The molecule has 0 atom stereocenters. The van der Waals surface area contributed by atoms with Crippen molar-refractivity contribution in [1.82, 2.24) is 0 Å². The molecular formula is C14H10Cl2O2. The Labute approximate surface area is 115 Å². The molecule has 0 radical (unpaired) electrons. The van der Waals surface area contributed by atoms with Gasteiger partial charge in [-0.15, -0.1) is 0 Å². The van der Waals surface area contributed by atoms with E-state index in [0.29, 0.717) is 21.4 Å². The number of halogens is 2. The summed E-state index contributed by atoms with van der Waals surface area (Å²) < 4.78 is 5.09. The van der Waals surface area contributed by atoms with E-state index in [9.17, 15) is 4.79 Å². The molecule has 18 heavy (non-hydrogen) atoms. The first kappa shape index (κ1) is 12.9. The lowest BCUT2D eigenvalue weighted by Gasteiger charge is -2.09. The number of rotatable bonds is 3. The normalized spacial score (nSPS) is 10.2. The number of carbonyl (C=O) groups is 1. The van der Waals surface area contributed by atoms with Crippen molar-refractivity contribution in [2.24, 2.45) is 0 Å². The van der Waals surface area contributed by atoms with E-state index >= 15 is 0 Å². The highest BCUT2D eigenvalue weighted by Gasteiger charge is 2.09. The van der Waals surface area contributed by atoms with Crippen molar-refractivity contribution in [2.45, 2.75) is 0 Å². The largest absolute Gasteiger partial charge is 0.495 e. The first-order valence-electron chi connectivity index (χ1n) is 5.24. The minimum absolute atomic E-state index is 0.480. The van der Waals surface area contributed by atoms with Crippen LogP contribution in [0.2, 0.25) is 10.0 Å². The van der Waals surface area contributed by atoms with Crippen molar-refractivity contribution in [2.75, 3.05) is 7.11 Å². The number of hydrogen-bond donors (Lipinski definition) is 0. The molecule has 0 fully saturated rings. The average molecular weight is 281 g/mol. The maximum Gasteiger partial charge on any atom is 0.150 e. The standard InChI is InChI=1S/C14H10Cl2O2/c1-18-14-7-12(15)11(6-13(14)16)10-4-2-3-9(5-10)8-17/h2-8H,1H3. The molecule has 0 spiro atoms. The maximum absolute atomic E-state index is 10.8. The van der Waals surface area contributed by atoms with Crippen molar-refractivity contribution in [3.8, 4) is 16.9 Å². The van der Waals surface area contributed by atoms with Crippen LogP contribution in [0.3, 0.4) is 0 Å². The highest BCUT2D eigenvalue weighted by molar-refractivity contribution is 6.36. The second-order valence-corrected chi connectivity index (χ2v) is 4.52. The molecule has 4 heteroatoms. The first-order chi connectivity index (χ1) is 8.65. The van der Waals surface area contributed by atoms with Crippen LogP contribution in [0, 0.1) is 0 Å². The summed E-state index contributed by atoms with van der Waals surface area (Å²) in [6.45, 7) is 0. The highest BCUT2D eigenvalue weighted by Crippen LogP contribution is 2.36. The van der Waals surface area contributed by atoms with Crippen LogP contribution >= 0.6 is 23.2 Å². The van der Waals surface area contributed by atoms with Crippen LogP contribution in [0.25, 0.3) is 11.1 Å². The van der Waals surface area contributed by atoms with E-state index in [1.54, 1.807) is 30.3 Å². The Bertz CT molecular complexity index is 594. The molecule has 0 aromatic heterocycles. The van der Waals surface area contributed by atoms with E-state index in [-0.39, 0.29) is 0 Å². The van der Waals surface area contributed by atoms with Crippen LogP contribution in [-0.2, 0) is 0 Å². The monoisotopic (exact) mass is 280 g/mol. The van der Waals surface area contributed by atoms with Crippen LogP contribution < -0.4 is 4.74 Å². The zero-order valence-corrected chi connectivity index (χ0v) is 11.1. The van der Waals surface area contributed by atoms with Gasteiger partial charge in [0.2, 0.25) is 0 Å². The van der Waals surface area contributed by atoms with Crippen molar-refractivity contribution in [1.29, 1.82) is 0 Å². The fourth-order valence-corrected chi connectivity index (χ4v) is 2.19. The van der Waals surface area contributed by atoms with Gasteiger partial charge in [-0.1, -0.05) is 41.4 Å². The van der Waals surface area contributed by atoms with Crippen LogP contribution in [-0.4, -0.2) is 13.4 Å². The van der Waals surface area contributed by atoms with Gasteiger partial charge in [0.25, 0.3) is 0 Å². The number of ether oxygens (including phenoxy) is 1. The fraction of sp³-hybridized carbons (Fsp3) is 0.0714. The van der Waals surface area contributed by atoms with Crippen LogP contribution in [0.1, 0.15) is 10.4 Å². The number of benzene rings is 2. The van der Waals surface area contributed by atoms with Crippen molar-refractivity contribution >= 4 is 29.5 Å². The van der Waals surface area contributed by atoms with Gasteiger partial charge in [-0.25, -0.2) is 0 Å². The van der Waals surface area contributed by atoms with Gasteiger partial charge in [-0.3, -0.25) is 4.79 Å². The Balaban J connectivity index is 2.56. The molecule has 2 rings (SSSR count). The van der Waals surface area contributed by atoms with Gasteiger partial charge in [0.15, 0.2) is 0 Å². The first-order valence-corrected chi connectivity index (χ1v) is 6.00. The molecule has 0 saturated heterocycles. The molecule has 0 amide bonds. The summed E-state index contributed by atoms with van der Waals surface area (Å²) in [5.74, 6) is 0.525. The third-order valence-corrected chi connectivity index (χ3v) is 3.18. The predicted molar refractivity (Wildman–Crippen MR) is 73.8 cm³/mol.